The van der Waals surface area contributed by atoms with E-state index in [0.717, 1.165) is 84.5 Å². The van der Waals surface area contributed by atoms with Crippen LogP contribution in [0.25, 0.3) is 27.5 Å². The van der Waals surface area contributed by atoms with E-state index < -0.39 is 0 Å². The SMILES string of the molecule is c1ccc(N2c3ccccc3B3c4cc5c6c(c4Oc4cc(N7CCCc8ccccc87)cc2c43)c2ccccc2n6-c2cc(N3CCCc4ccccc43)cc3c2B5c2ccccc2O3)cc1. The summed E-state index contributed by atoms with van der Waals surface area (Å²) in [6.45, 7) is 1.76. The van der Waals surface area contributed by atoms with E-state index in [2.05, 4.69) is 201 Å². The molecular formula is C60H42B2N4O2. The highest BCUT2D eigenvalue weighted by Gasteiger charge is 2.47. The quantitative estimate of drug-likeness (QED) is 0.165. The minimum Gasteiger partial charge on any atom is -0.458 e. The normalized spacial score (nSPS) is 15.4. The minimum atomic E-state index is -0.0807. The Bertz CT molecular complexity index is 3830. The van der Waals surface area contributed by atoms with Crippen molar-refractivity contribution >= 4 is 108 Å². The molecule has 16 rings (SSSR count). The van der Waals surface area contributed by atoms with Crippen LogP contribution in [0.3, 0.4) is 0 Å². The lowest BCUT2D eigenvalue weighted by Crippen LogP contribution is -2.63. The Morgan fingerprint density at radius 2 is 1.00 bits per heavy atom. The third-order valence-electron chi connectivity index (χ3n) is 15.8. The van der Waals surface area contributed by atoms with Crippen molar-refractivity contribution in [1.29, 1.82) is 0 Å². The second-order valence-corrected chi connectivity index (χ2v) is 19.3. The van der Waals surface area contributed by atoms with Crippen molar-refractivity contribution in [2.75, 3.05) is 27.8 Å². The molecule has 0 atom stereocenters. The van der Waals surface area contributed by atoms with Gasteiger partial charge in [-0.15, -0.1) is 0 Å². The molecule has 0 spiro atoms. The number of benzene rings is 9. The molecule has 0 aliphatic carbocycles. The van der Waals surface area contributed by atoms with E-state index in [4.69, 9.17) is 9.47 Å². The third-order valence-corrected chi connectivity index (χ3v) is 15.8. The van der Waals surface area contributed by atoms with Gasteiger partial charge in [-0.05, 0) is 124 Å². The van der Waals surface area contributed by atoms with E-state index in [-0.39, 0.29) is 13.4 Å². The van der Waals surface area contributed by atoms with Crippen LogP contribution in [-0.2, 0) is 12.8 Å². The highest BCUT2D eigenvalue weighted by Crippen LogP contribution is 2.49. The number of para-hydroxylation sites is 6. The fourth-order valence-electron chi connectivity index (χ4n) is 13.1. The average molecular weight is 873 g/mol. The summed E-state index contributed by atoms with van der Waals surface area (Å²) in [4.78, 5) is 7.50. The Kier molecular flexibility index (Phi) is 7.49. The molecule has 6 aliphatic heterocycles. The zero-order valence-electron chi connectivity index (χ0n) is 37.3. The maximum absolute atomic E-state index is 7.72. The summed E-state index contributed by atoms with van der Waals surface area (Å²) >= 11 is 0. The molecule has 0 radical (unpaired) electrons. The molecule has 9 aromatic carbocycles. The van der Waals surface area contributed by atoms with E-state index in [1.54, 1.807) is 0 Å². The van der Waals surface area contributed by atoms with Crippen molar-refractivity contribution in [3.63, 3.8) is 0 Å². The van der Waals surface area contributed by atoms with Crippen LogP contribution in [0.1, 0.15) is 24.0 Å². The van der Waals surface area contributed by atoms with Gasteiger partial charge in [0.25, 0.3) is 13.4 Å². The van der Waals surface area contributed by atoms with Gasteiger partial charge in [-0.1, -0.05) is 115 Å². The second-order valence-electron chi connectivity index (χ2n) is 19.3. The molecule has 0 bridgehead atoms. The van der Waals surface area contributed by atoms with E-state index in [1.165, 1.54) is 88.5 Å². The van der Waals surface area contributed by atoms with Gasteiger partial charge in [0.15, 0.2) is 0 Å². The van der Waals surface area contributed by atoms with Crippen molar-refractivity contribution < 1.29 is 9.47 Å². The van der Waals surface area contributed by atoms with Gasteiger partial charge < -0.3 is 28.7 Å². The molecule has 0 saturated heterocycles. The maximum Gasteiger partial charge on any atom is 0.256 e. The Labute approximate surface area is 395 Å². The molecule has 0 N–H and O–H groups in total. The topological polar surface area (TPSA) is 33.1 Å². The molecule has 0 saturated carbocycles. The predicted molar refractivity (Wildman–Crippen MR) is 281 cm³/mol. The van der Waals surface area contributed by atoms with Crippen molar-refractivity contribution in [2.45, 2.75) is 25.7 Å². The molecule has 8 heteroatoms. The van der Waals surface area contributed by atoms with Crippen LogP contribution in [0.15, 0.2) is 182 Å². The smallest absolute Gasteiger partial charge is 0.256 e. The molecule has 320 valence electrons. The number of fused-ring (bicyclic) bond motifs is 14. The van der Waals surface area contributed by atoms with Crippen molar-refractivity contribution in [3.8, 4) is 28.7 Å². The van der Waals surface area contributed by atoms with Gasteiger partial charge in [0, 0.05) is 81.5 Å². The van der Waals surface area contributed by atoms with Gasteiger partial charge in [-0.2, -0.15) is 0 Å². The highest BCUT2D eigenvalue weighted by atomic mass is 16.5. The monoisotopic (exact) mass is 872 g/mol. The Balaban J connectivity index is 1.00. The van der Waals surface area contributed by atoms with Crippen molar-refractivity contribution in [2.24, 2.45) is 0 Å². The van der Waals surface area contributed by atoms with Gasteiger partial charge in [-0.25, -0.2) is 0 Å². The standard InChI is InChI=1S/C60H42B2N4O2/c1-2-20-39(21-3-1)65-50-28-12-7-23-43(50)61-46-36-45-59-56(60(46)68-55-35-40(32-51(65)57(55)61)63-30-14-18-37-16-4-9-25-47(37)63)42-22-6-11-27-49(42)66(59)52-33-41(64-31-15-19-38-17-5-10-26-48(38)64)34-54-58(52)62(45)44-24-8-13-29-53(44)67-54/h1-13,16-17,20-29,32-36H,14-15,18-19,30-31H2. The number of aromatic nitrogens is 1. The van der Waals surface area contributed by atoms with E-state index in [9.17, 15) is 0 Å². The molecule has 0 amide bonds. The van der Waals surface area contributed by atoms with Crippen LogP contribution in [0.5, 0.6) is 23.0 Å². The van der Waals surface area contributed by atoms with Crippen LogP contribution < -0.4 is 57.0 Å². The van der Waals surface area contributed by atoms with E-state index in [1.807, 2.05) is 0 Å². The number of aryl methyl sites for hydroxylation is 2. The van der Waals surface area contributed by atoms with Gasteiger partial charge in [-0.3, -0.25) is 0 Å². The lowest BCUT2D eigenvalue weighted by Gasteiger charge is -2.42. The fraction of sp³-hybridized carbons (Fsp3) is 0.100. The molecule has 6 nitrogen and oxygen atoms in total. The van der Waals surface area contributed by atoms with Crippen molar-refractivity contribution in [3.05, 3.63) is 193 Å². The number of hydrogen-bond acceptors (Lipinski definition) is 5. The van der Waals surface area contributed by atoms with Gasteiger partial charge in [0.2, 0.25) is 0 Å². The zero-order valence-corrected chi connectivity index (χ0v) is 37.3. The highest BCUT2D eigenvalue weighted by molar-refractivity contribution is 7.02. The summed E-state index contributed by atoms with van der Waals surface area (Å²) in [6, 6.07) is 67.6. The minimum absolute atomic E-state index is 0.0562. The summed E-state index contributed by atoms with van der Waals surface area (Å²) < 4.78 is 17.3. The average Bonchev–Trinajstić information content (AvgIpc) is 3.75. The largest absolute Gasteiger partial charge is 0.458 e. The summed E-state index contributed by atoms with van der Waals surface area (Å²) in [5.41, 5.74) is 22.1. The van der Waals surface area contributed by atoms with Crippen LogP contribution in [-0.4, -0.2) is 31.1 Å². The fourth-order valence-corrected chi connectivity index (χ4v) is 13.1. The number of rotatable bonds is 3. The molecule has 7 heterocycles. The molecule has 10 aromatic rings. The number of ether oxygens (including phenoxy) is 2. The van der Waals surface area contributed by atoms with Crippen LogP contribution in [0, 0.1) is 0 Å². The molecule has 6 aliphatic rings. The van der Waals surface area contributed by atoms with Crippen molar-refractivity contribution in [1.82, 2.24) is 4.57 Å². The van der Waals surface area contributed by atoms with Crippen LogP contribution >= 0.6 is 0 Å². The summed E-state index contributed by atoms with van der Waals surface area (Å²) in [5.74, 6) is 3.71. The molecule has 68 heavy (non-hydrogen) atoms. The van der Waals surface area contributed by atoms with Crippen LogP contribution in [0.4, 0.5) is 39.8 Å². The third kappa shape index (κ3) is 4.94. The first-order chi connectivity index (χ1) is 33.7. The van der Waals surface area contributed by atoms with E-state index >= 15 is 0 Å². The summed E-state index contributed by atoms with van der Waals surface area (Å²) in [7, 11) is 0. The molecule has 0 unspecified atom stereocenters. The Morgan fingerprint density at radius 3 is 1.76 bits per heavy atom. The Morgan fingerprint density at radius 1 is 0.412 bits per heavy atom. The maximum atomic E-state index is 7.72. The first-order valence-corrected chi connectivity index (χ1v) is 24.3. The number of nitrogens with zero attached hydrogens (tertiary/aromatic N) is 4. The first kappa shape index (κ1) is 37.1. The van der Waals surface area contributed by atoms with Crippen LogP contribution in [0.2, 0.25) is 0 Å². The molecule has 1 aromatic heterocycles. The van der Waals surface area contributed by atoms with E-state index in [0.29, 0.717) is 0 Å². The second kappa shape index (κ2) is 13.7. The summed E-state index contributed by atoms with van der Waals surface area (Å²) in [5, 5.41) is 2.36. The lowest BCUT2D eigenvalue weighted by molar-refractivity contribution is 0.487. The summed E-state index contributed by atoms with van der Waals surface area (Å²) in [6.07, 6.45) is 4.36. The molecular weight excluding hydrogens is 830 g/mol. The first-order valence-electron chi connectivity index (χ1n) is 24.3. The number of anilines is 7. The Hall–Kier alpha value is -8.09. The van der Waals surface area contributed by atoms with Gasteiger partial charge in [0.1, 0.15) is 23.0 Å². The predicted octanol–water partition coefficient (Wildman–Crippen LogP) is 10.3. The zero-order chi connectivity index (χ0) is 44.2. The number of hydrogen-bond donors (Lipinski definition) is 0. The molecule has 0 fully saturated rings. The lowest BCUT2D eigenvalue weighted by atomic mass is 9.31. The van der Waals surface area contributed by atoms with Gasteiger partial charge >= 0.3 is 0 Å². The van der Waals surface area contributed by atoms with Gasteiger partial charge in [0.05, 0.1) is 11.0 Å².